The molecule has 0 atom stereocenters. The van der Waals surface area contributed by atoms with E-state index in [1.165, 1.54) is 6.07 Å². The highest BCUT2D eigenvalue weighted by Gasteiger charge is 2.12. The van der Waals surface area contributed by atoms with E-state index in [4.69, 9.17) is 4.42 Å². The van der Waals surface area contributed by atoms with E-state index in [9.17, 15) is 10.1 Å². The van der Waals surface area contributed by atoms with Gasteiger partial charge in [-0.05, 0) is 12.1 Å². The summed E-state index contributed by atoms with van der Waals surface area (Å²) in [6, 6.07) is 4.80. The molecule has 19 heavy (non-hydrogen) atoms. The molecular formula is C12H14N4O3. The smallest absolute Gasteiger partial charge is 0.404 e. The van der Waals surface area contributed by atoms with Crippen molar-refractivity contribution in [3.8, 4) is 0 Å². The van der Waals surface area contributed by atoms with Crippen LogP contribution in [0.3, 0.4) is 0 Å². The van der Waals surface area contributed by atoms with E-state index in [1.807, 2.05) is 25.1 Å². The van der Waals surface area contributed by atoms with E-state index < -0.39 is 4.92 Å². The van der Waals surface area contributed by atoms with Gasteiger partial charge in [-0.25, -0.2) is 0 Å². The second-order valence-corrected chi connectivity index (χ2v) is 4.14. The molecule has 7 heteroatoms. The Hall–Kier alpha value is -2.57. The maximum absolute atomic E-state index is 10.5. The Morgan fingerprint density at radius 3 is 2.84 bits per heavy atom. The lowest BCUT2D eigenvalue weighted by Crippen LogP contribution is -2.12. The minimum atomic E-state index is -0.557. The summed E-state index contributed by atoms with van der Waals surface area (Å²) in [6.45, 7) is 0.361. The summed E-state index contributed by atoms with van der Waals surface area (Å²) in [6.07, 6.45) is 3.41. The predicted molar refractivity (Wildman–Crippen MR) is 71.3 cm³/mol. The summed E-state index contributed by atoms with van der Waals surface area (Å²) in [5, 5.41) is 13.6. The second-order valence-electron chi connectivity index (χ2n) is 4.14. The number of rotatable bonds is 5. The zero-order valence-corrected chi connectivity index (χ0v) is 10.7. The summed E-state index contributed by atoms with van der Waals surface area (Å²) in [5.74, 6) is 0.246. The highest BCUT2D eigenvalue weighted by Crippen LogP contribution is 2.23. The van der Waals surface area contributed by atoms with Gasteiger partial charge in [0.05, 0.1) is 30.2 Å². The average Bonchev–Trinajstić information content (AvgIpc) is 2.85. The Kier molecular flexibility index (Phi) is 3.65. The Labute approximate surface area is 110 Å². The van der Waals surface area contributed by atoms with Gasteiger partial charge in [0.1, 0.15) is 10.7 Å². The van der Waals surface area contributed by atoms with Gasteiger partial charge in [0.2, 0.25) is 0 Å². The van der Waals surface area contributed by atoms with E-state index >= 15 is 0 Å². The lowest BCUT2D eigenvalue weighted by Gasteiger charge is -2.17. The number of nitro groups is 1. The first-order valence-corrected chi connectivity index (χ1v) is 5.66. The first-order chi connectivity index (χ1) is 9.08. The fourth-order valence-corrected chi connectivity index (χ4v) is 1.66. The molecule has 7 nitrogen and oxygen atoms in total. The van der Waals surface area contributed by atoms with E-state index in [0.717, 1.165) is 11.4 Å². The van der Waals surface area contributed by atoms with Crippen molar-refractivity contribution in [1.82, 2.24) is 4.98 Å². The summed E-state index contributed by atoms with van der Waals surface area (Å²) in [5.41, 5.74) is 1.82. The van der Waals surface area contributed by atoms with E-state index in [-0.39, 0.29) is 5.88 Å². The van der Waals surface area contributed by atoms with Crippen LogP contribution in [0, 0.1) is 10.1 Å². The minimum Gasteiger partial charge on any atom is -0.404 e. The zero-order valence-electron chi connectivity index (χ0n) is 10.7. The average molecular weight is 262 g/mol. The van der Waals surface area contributed by atoms with E-state index in [0.29, 0.717) is 12.3 Å². The highest BCUT2D eigenvalue weighted by molar-refractivity contribution is 5.67. The quantitative estimate of drug-likeness (QED) is 0.657. The first-order valence-electron chi connectivity index (χ1n) is 5.66. The number of aromatic nitrogens is 1. The Bertz CT molecular complexity index is 580. The van der Waals surface area contributed by atoms with Crippen molar-refractivity contribution in [1.29, 1.82) is 0 Å². The summed E-state index contributed by atoms with van der Waals surface area (Å²) >= 11 is 0. The molecule has 0 saturated carbocycles. The van der Waals surface area contributed by atoms with Crippen molar-refractivity contribution in [3.63, 3.8) is 0 Å². The third-order valence-corrected chi connectivity index (χ3v) is 2.56. The molecule has 2 aromatic rings. The van der Waals surface area contributed by atoms with Gasteiger partial charge in [0.25, 0.3) is 0 Å². The van der Waals surface area contributed by atoms with E-state index in [1.54, 1.807) is 18.5 Å². The molecule has 0 spiro atoms. The van der Waals surface area contributed by atoms with Gasteiger partial charge in [-0.1, -0.05) is 0 Å². The van der Waals surface area contributed by atoms with Crippen LogP contribution in [0.1, 0.15) is 5.76 Å². The maximum atomic E-state index is 10.5. The lowest BCUT2D eigenvalue weighted by atomic mass is 10.3. The van der Waals surface area contributed by atoms with Gasteiger partial charge in [0.15, 0.2) is 0 Å². The van der Waals surface area contributed by atoms with Crippen molar-refractivity contribution < 1.29 is 9.34 Å². The van der Waals surface area contributed by atoms with Crippen molar-refractivity contribution in [2.75, 3.05) is 24.3 Å². The largest absolute Gasteiger partial charge is 0.433 e. The summed E-state index contributed by atoms with van der Waals surface area (Å²) < 4.78 is 5.07. The van der Waals surface area contributed by atoms with Crippen LogP contribution in [-0.2, 0) is 6.54 Å². The maximum Gasteiger partial charge on any atom is 0.433 e. The molecule has 2 heterocycles. The molecule has 100 valence electrons. The molecule has 0 radical (unpaired) electrons. The SMILES string of the molecule is CN(C)c1ccncc1NCc1ccc([N+](=O)[O-])o1. The van der Waals surface area contributed by atoms with Crippen LogP contribution in [0.15, 0.2) is 35.0 Å². The van der Waals surface area contributed by atoms with Gasteiger partial charge in [-0.15, -0.1) is 0 Å². The van der Waals surface area contributed by atoms with Crippen molar-refractivity contribution in [3.05, 3.63) is 46.5 Å². The number of nitrogens with one attached hydrogen (secondary N) is 1. The molecule has 0 fully saturated rings. The lowest BCUT2D eigenvalue weighted by molar-refractivity contribution is -0.402. The zero-order chi connectivity index (χ0) is 13.8. The number of pyridine rings is 1. The van der Waals surface area contributed by atoms with Crippen LogP contribution >= 0.6 is 0 Å². The summed E-state index contributed by atoms with van der Waals surface area (Å²) in [7, 11) is 3.86. The van der Waals surface area contributed by atoms with Crippen LogP contribution in [0.4, 0.5) is 17.3 Å². The topological polar surface area (TPSA) is 84.4 Å². The number of nitrogens with zero attached hydrogens (tertiary/aromatic N) is 3. The highest BCUT2D eigenvalue weighted by atomic mass is 16.6. The molecule has 0 aliphatic heterocycles. The van der Waals surface area contributed by atoms with Crippen LogP contribution in [-0.4, -0.2) is 24.0 Å². The fraction of sp³-hybridized carbons (Fsp3) is 0.250. The number of hydrogen-bond acceptors (Lipinski definition) is 6. The fourth-order valence-electron chi connectivity index (χ4n) is 1.66. The van der Waals surface area contributed by atoms with Crippen LogP contribution in [0.5, 0.6) is 0 Å². The Morgan fingerprint density at radius 2 is 2.21 bits per heavy atom. The third-order valence-electron chi connectivity index (χ3n) is 2.56. The molecule has 0 unspecified atom stereocenters. The van der Waals surface area contributed by atoms with Crippen LogP contribution in [0.2, 0.25) is 0 Å². The second kappa shape index (κ2) is 5.38. The molecule has 0 amide bonds. The van der Waals surface area contributed by atoms with Crippen molar-refractivity contribution >= 4 is 17.3 Å². The third kappa shape index (κ3) is 3.01. The molecule has 0 aliphatic rings. The normalized spacial score (nSPS) is 10.2. The number of hydrogen-bond donors (Lipinski definition) is 1. The minimum absolute atomic E-state index is 0.254. The van der Waals surface area contributed by atoms with Gasteiger partial charge < -0.3 is 14.6 Å². The Morgan fingerprint density at radius 1 is 1.42 bits per heavy atom. The van der Waals surface area contributed by atoms with Crippen LogP contribution < -0.4 is 10.2 Å². The molecule has 2 aromatic heterocycles. The number of anilines is 2. The van der Waals surface area contributed by atoms with Gasteiger partial charge in [-0.3, -0.25) is 15.1 Å². The molecule has 0 aliphatic carbocycles. The summed E-state index contributed by atoms with van der Waals surface area (Å²) in [4.78, 5) is 15.9. The number of furan rings is 1. The van der Waals surface area contributed by atoms with Crippen molar-refractivity contribution in [2.24, 2.45) is 0 Å². The van der Waals surface area contributed by atoms with Gasteiger partial charge in [0, 0.05) is 20.3 Å². The molecule has 0 aromatic carbocycles. The van der Waals surface area contributed by atoms with E-state index in [2.05, 4.69) is 10.3 Å². The van der Waals surface area contributed by atoms with Crippen LogP contribution in [0.25, 0.3) is 0 Å². The molecule has 0 saturated heterocycles. The van der Waals surface area contributed by atoms with Gasteiger partial charge in [-0.2, -0.15) is 0 Å². The molecule has 2 rings (SSSR count). The standard InChI is InChI=1S/C12H14N4O3/c1-15(2)11-5-6-13-8-10(11)14-7-9-3-4-12(19-9)16(17)18/h3-6,8,14H,7H2,1-2H3. The first kappa shape index (κ1) is 12.9. The van der Waals surface area contributed by atoms with Crippen molar-refractivity contribution in [2.45, 2.75) is 6.54 Å². The monoisotopic (exact) mass is 262 g/mol. The molecular weight excluding hydrogens is 248 g/mol. The Balaban J connectivity index is 2.08. The molecule has 0 bridgehead atoms. The van der Waals surface area contributed by atoms with Gasteiger partial charge >= 0.3 is 5.88 Å². The molecule has 1 N–H and O–H groups in total. The predicted octanol–water partition coefficient (Wildman–Crippen LogP) is 2.26.